The van der Waals surface area contributed by atoms with Crippen LogP contribution in [0.2, 0.25) is 0 Å². The van der Waals surface area contributed by atoms with Gasteiger partial charge in [-0.3, -0.25) is 4.79 Å². The van der Waals surface area contributed by atoms with Gasteiger partial charge in [-0.15, -0.1) is 12.4 Å². The molecule has 0 unspecified atom stereocenters. The van der Waals surface area contributed by atoms with Crippen molar-refractivity contribution in [2.75, 3.05) is 7.11 Å². The molecule has 0 aliphatic carbocycles. The van der Waals surface area contributed by atoms with E-state index in [1.165, 1.54) is 6.33 Å². The van der Waals surface area contributed by atoms with Gasteiger partial charge in [-0.2, -0.15) is 0 Å². The van der Waals surface area contributed by atoms with Crippen LogP contribution in [0.5, 0.6) is 5.75 Å². The zero-order chi connectivity index (χ0) is 10.1. The van der Waals surface area contributed by atoms with Gasteiger partial charge in [0.25, 0.3) is 5.56 Å². The summed E-state index contributed by atoms with van der Waals surface area (Å²) in [5.41, 5.74) is 0.397. The molecule has 0 bridgehead atoms. The van der Waals surface area contributed by atoms with Gasteiger partial charge in [-0.25, -0.2) is 4.98 Å². The lowest BCUT2D eigenvalue weighted by molar-refractivity contribution is 0.418. The van der Waals surface area contributed by atoms with Crippen molar-refractivity contribution >= 4 is 39.2 Å². The number of aromatic nitrogens is 2. The van der Waals surface area contributed by atoms with Gasteiger partial charge in [0.1, 0.15) is 11.3 Å². The predicted octanol–water partition coefficient (Wildman–Crippen LogP) is 2.12. The van der Waals surface area contributed by atoms with Crippen molar-refractivity contribution in [2.24, 2.45) is 0 Å². The van der Waals surface area contributed by atoms with Gasteiger partial charge in [0, 0.05) is 4.47 Å². The number of nitrogens with zero attached hydrogens (tertiary/aromatic N) is 1. The lowest BCUT2D eigenvalue weighted by atomic mass is 10.2. The highest BCUT2D eigenvalue weighted by molar-refractivity contribution is 9.10. The van der Waals surface area contributed by atoms with Crippen LogP contribution in [0.25, 0.3) is 10.9 Å². The molecule has 2 rings (SSSR count). The number of hydrogen-bond acceptors (Lipinski definition) is 3. The maximum Gasteiger partial charge on any atom is 0.258 e. The summed E-state index contributed by atoms with van der Waals surface area (Å²) in [7, 11) is 1.55. The Bertz CT molecular complexity index is 541. The number of hydrogen-bond donors (Lipinski definition) is 1. The maximum atomic E-state index is 11.4. The molecule has 1 heterocycles. The molecule has 0 aliphatic heterocycles. The number of fused-ring (bicyclic) bond motifs is 1. The number of nitrogens with one attached hydrogen (secondary N) is 1. The Labute approximate surface area is 100 Å². The summed E-state index contributed by atoms with van der Waals surface area (Å²) in [6.45, 7) is 0. The van der Waals surface area contributed by atoms with E-state index in [0.717, 1.165) is 4.47 Å². The predicted molar refractivity (Wildman–Crippen MR) is 63.9 cm³/mol. The summed E-state index contributed by atoms with van der Waals surface area (Å²) >= 11 is 3.30. The summed E-state index contributed by atoms with van der Waals surface area (Å²) in [4.78, 5) is 18.0. The average molecular weight is 292 g/mol. The average Bonchev–Trinajstić information content (AvgIpc) is 2.18. The number of methoxy groups -OCH3 is 1. The maximum absolute atomic E-state index is 11.4. The van der Waals surface area contributed by atoms with Gasteiger partial charge in [-0.05, 0) is 12.1 Å². The fourth-order valence-electron chi connectivity index (χ4n) is 1.27. The summed E-state index contributed by atoms with van der Waals surface area (Å²) in [6.07, 6.45) is 1.36. The Hall–Kier alpha value is -1.07. The van der Waals surface area contributed by atoms with E-state index < -0.39 is 0 Å². The molecule has 80 valence electrons. The topological polar surface area (TPSA) is 55.0 Å². The van der Waals surface area contributed by atoms with E-state index in [4.69, 9.17) is 4.74 Å². The van der Waals surface area contributed by atoms with Gasteiger partial charge >= 0.3 is 0 Å². The van der Waals surface area contributed by atoms with Gasteiger partial charge in [0.15, 0.2) is 0 Å². The molecule has 1 aromatic carbocycles. The quantitative estimate of drug-likeness (QED) is 0.875. The second-order valence-corrected chi connectivity index (χ2v) is 3.65. The highest BCUT2D eigenvalue weighted by Crippen LogP contribution is 2.25. The van der Waals surface area contributed by atoms with E-state index in [1.54, 1.807) is 19.2 Å². The molecule has 4 nitrogen and oxygen atoms in total. The fourth-order valence-corrected chi connectivity index (χ4v) is 1.71. The van der Waals surface area contributed by atoms with Crippen LogP contribution in [0.3, 0.4) is 0 Å². The molecule has 2 aromatic rings. The molecule has 0 saturated carbocycles. The highest BCUT2D eigenvalue weighted by atomic mass is 79.9. The normalized spacial score (nSPS) is 9.73. The molecule has 6 heteroatoms. The lowest BCUT2D eigenvalue weighted by Crippen LogP contribution is -2.06. The van der Waals surface area contributed by atoms with Crippen LogP contribution in [-0.4, -0.2) is 17.1 Å². The molecule has 1 aromatic heterocycles. The first-order valence-electron chi connectivity index (χ1n) is 3.93. The summed E-state index contributed by atoms with van der Waals surface area (Å²) < 4.78 is 5.91. The smallest absolute Gasteiger partial charge is 0.258 e. The van der Waals surface area contributed by atoms with E-state index in [9.17, 15) is 4.79 Å². The molecule has 0 atom stereocenters. The highest BCUT2D eigenvalue weighted by Gasteiger charge is 2.06. The van der Waals surface area contributed by atoms with E-state index >= 15 is 0 Å². The Balaban J connectivity index is 0.00000112. The fraction of sp³-hybridized carbons (Fsp3) is 0.111. The lowest BCUT2D eigenvalue weighted by Gasteiger charge is -2.03. The van der Waals surface area contributed by atoms with Crippen molar-refractivity contribution in [3.8, 4) is 5.75 Å². The number of halogens is 2. The van der Waals surface area contributed by atoms with Crippen LogP contribution in [0, 0.1) is 0 Å². The molecule has 1 N–H and O–H groups in total. The Kier molecular flexibility index (Phi) is 3.71. The first-order chi connectivity index (χ1) is 6.72. The SMILES string of the molecule is COc1cc(Br)cc2c(=O)[nH]cnc12.Cl. The molecular weight excluding hydrogens is 283 g/mol. The van der Waals surface area contributed by atoms with Gasteiger partial charge < -0.3 is 9.72 Å². The van der Waals surface area contributed by atoms with E-state index in [2.05, 4.69) is 25.9 Å². The molecule has 0 fully saturated rings. The minimum Gasteiger partial charge on any atom is -0.494 e. The molecule has 15 heavy (non-hydrogen) atoms. The largest absolute Gasteiger partial charge is 0.494 e. The van der Waals surface area contributed by atoms with Crippen molar-refractivity contribution in [1.82, 2.24) is 9.97 Å². The van der Waals surface area contributed by atoms with Crippen LogP contribution < -0.4 is 10.3 Å². The van der Waals surface area contributed by atoms with E-state index in [0.29, 0.717) is 16.7 Å². The van der Waals surface area contributed by atoms with Gasteiger partial charge in [0.2, 0.25) is 0 Å². The van der Waals surface area contributed by atoms with Crippen LogP contribution in [0.4, 0.5) is 0 Å². The van der Waals surface area contributed by atoms with Crippen molar-refractivity contribution in [2.45, 2.75) is 0 Å². The Morgan fingerprint density at radius 2 is 2.20 bits per heavy atom. The summed E-state index contributed by atoms with van der Waals surface area (Å²) in [5.74, 6) is 0.584. The van der Waals surface area contributed by atoms with Crippen molar-refractivity contribution in [3.05, 3.63) is 33.3 Å². The molecule has 0 saturated heterocycles. The van der Waals surface area contributed by atoms with Crippen molar-refractivity contribution in [1.29, 1.82) is 0 Å². The Morgan fingerprint density at radius 3 is 2.87 bits per heavy atom. The molecule has 0 radical (unpaired) electrons. The van der Waals surface area contributed by atoms with Gasteiger partial charge in [0.05, 0.1) is 18.8 Å². The van der Waals surface area contributed by atoms with Gasteiger partial charge in [-0.1, -0.05) is 15.9 Å². The van der Waals surface area contributed by atoms with Crippen molar-refractivity contribution < 1.29 is 4.74 Å². The number of aromatic amines is 1. The van der Waals surface area contributed by atoms with E-state index in [-0.39, 0.29) is 18.0 Å². The van der Waals surface area contributed by atoms with Crippen LogP contribution in [0.1, 0.15) is 0 Å². The second-order valence-electron chi connectivity index (χ2n) is 2.74. The molecule has 0 amide bonds. The molecule has 0 spiro atoms. The zero-order valence-corrected chi connectivity index (χ0v) is 10.2. The third-order valence-corrected chi connectivity index (χ3v) is 2.35. The third-order valence-electron chi connectivity index (χ3n) is 1.89. The monoisotopic (exact) mass is 290 g/mol. The summed E-state index contributed by atoms with van der Waals surface area (Å²) in [6, 6.07) is 3.48. The zero-order valence-electron chi connectivity index (χ0n) is 7.78. The molecule has 0 aliphatic rings. The number of ether oxygens (including phenoxy) is 1. The first-order valence-corrected chi connectivity index (χ1v) is 4.72. The number of H-pyrrole nitrogens is 1. The Morgan fingerprint density at radius 1 is 1.47 bits per heavy atom. The second kappa shape index (κ2) is 4.63. The van der Waals surface area contributed by atoms with Crippen LogP contribution in [0.15, 0.2) is 27.7 Å². The first kappa shape index (κ1) is 12.0. The van der Waals surface area contributed by atoms with Crippen LogP contribution in [-0.2, 0) is 0 Å². The van der Waals surface area contributed by atoms with Crippen LogP contribution >= 0.6 is 28.3 Å². The standard InChI is InChI=1S/C9H7BrN2O2.ClH/c1-14-7-3-5(10)2-6-8(7)11-4-12-9(6)13;/h2-4H,1H3,(H,11,12,13);1H. The molecular formula is C9H8BrClN2O2. The number of benzene rings is 1. The third kappa shape index (κ3) is 2.13. The van der Waals surface area contributed by atoms with E-state index in [1.807, 2.05) is 0 Å². The van der Waals surface area contributed by atoms with Crippen molar-refractivity contribution in [3.63, 3.8) is 0 Å². The minimum atomic E-state index is -0.172. The minimum absolute atomic E-state index is 0. The number of rotatable bonds is 1. The summed E-state index contributed by atoms with van der Waals surface area (Å²) in [5, 5.41) is 0.513.